The Labute approximate surface area is 300 Å². The molecule has 16 heteroatoms. The highest BCUT2D eigenvalue weighted by Crippen LogP contribution is 2.27. The molecule has 2 atom stereocenters. The molecule has 0 bridgehead atoms. The summed E-state index contributed by atoms with van der Waals surface area (Å²) in [7, 11) is 0. The van der Waals surface area contributed by atoms with Crippen LogP contribution in [-0.4, -0.2) is 89.2 Å². The van der Waals surface area contributed by atoms with Crippen molar-refractivity contribution in [3.63, 3.8) is 0 Å². The number of carboxylic acid groups (broad SMARTS) is 1. The molecule has 280 valence electrons. The minimum atomic E-state index is -1.38. The van der Waals surface area contributed by atoms with E-state index < -0.39 is 52.8 Å². The van der Waals surface area contributed by atoms with Gasteiger partial charge < -0.3 is 45.9 Å². The van der Waals surface area contributed by atoms with Gasteiger partial charge in [0.1, 0.15) is 30.1 Å². The first-order valence-electron chi connectivity index (χ1n) is 17.2. The van der Waals surface area contributed by atoms with Crippen LogP contribution in [0.25, 0.3) is 10.9 Å². The van der Waals surface area contributed by atoms with Crippen molar-refractivity contribution in [2.75, 3.05) is 42.9 Å². The van der Waals surface area contributed by atoms with Gasteiger partial charge in [0.25, 0.3) is 0 Å². The van der Waals surface area contributed by atoms with E-state index in [4.69, 9.17) is 10.5 Å². The van der Waals surface area contributed by atoms with E-state index in [1.165, 1.54) is 24.1 Å². The molecule has 3 aromatic rings. The van der Waals surface area contributed by atoms with Crippen molar-refractivity contribution in [1.29, 1.82) is 0 Å². The van der Waals surface area contributed by atoms with E-state index >= 15 is 4.39 Å². The van der Waals surface area contributed by atoms with Gasteiger partial charge >= 0.3 is 12.1 Å². The number of anilines is 2. The van der Waals surface area contributed by atoms with Crippen LogP contribution < -0.4 is 32.0 Å². The molecule has 2 aromatic carbocycles. The topological polar surface area (TPSA) is 205 Å². The maximum Gasteiger partial charge on any atom is 0.410 e. The lowest BCUT2D eigenvalue weighted by Gasteiger charge is -2.35. The number of benzene rings is 2. The predicted octanol–water partition coefficient (Wildman–Crippen LogP) is 2.64. The number of carbonyl (C=O) groups is 5. The van der Waals surface area contributed by atoms with Crippen LogP contribution >= 0.6 is 0 Å². The summed E-state index contributed by atoms with van der Waals surface area (Å²) in [6.07, 6.45) is 1.50. The highest BCUT2D eigenvalue weighted by molar-refractivity contribution is 5.98. The van der Waals surface area contributed by atoms with Crippen molar-refractivity contribution >= 4 is 52.1 Å². The number of piperazine rings is 1. The number of fused-ring (bicyclic) bond motifs is 1. The summed E-state index contributed by atoms with van der Waals surface area (Å²) in [6, 6.07) is 7.60. The Kier molecular flexibility index (Phi) is 13.3. The molecule has 1 aliphatic heterocycles. The second-order valence-corrected chi connectivity index (χ2v) is 12.9. The lowest BCUT2D eigenvalue weighted by atomic mass is 10.0. The Hall–Kier alpha value is -5.51. The number of aromatic carboxylic acids is 1. The number of nitrogens with one attached hydrogen (secondary N) is 3. The largest absolute Gasteiger partial charge is 0.477 e. The number of nitrogens with two attached hydrogens (primary N) is 1. The van der Waals surface area contributed by atoms with Gasteiger partial charge in [-0.1, -0.05) is 26.0 Å². The summed E-state index contributed by atoms with van der Waals surface area (Å²) in [6.45, 7) is 8.46. The monoisotopic (exact) mass is 723 g/mol. The fourth-order valence-electron chi connectivity index (χ4n) is 5.94. The summed E-state index contributed by atoms with van der Waals surface area (Å²) in [5, 5.41) is 17.5. The maximum atomic E-state index is 15.2. The molecule has 52 heavy (non-hydrogen) atoms. The molecule has 1 fully saturated rings. The molecule has 4 rings (SSSR count). The standard InChI is InChI=1S/C36H46FN7O8/c1-5-42-19-26(35(49)50)32(46)25-17-27(37)30(18-29(25)42)43-13-15-44(16-14-43)36(51)52-20-23-8-10-24(11-9-23)40-33(47)28(7-6-12-38)41-34(48)31(21(2)3)39-22(4)45/h8-11,17-19,21,28,31H,5-7,12-16,20,38H2,1-4H3,(H,39,45)(H,40,47)(H,41,48)(H,49,50). The molecular formula is C36H46FN7O8. The van der Waals surface area contributed by atoms with Crippen molar-refractivity contribution in [1.82, 2.24) is 20.1 Å². The minimum absolute atomic E-state index is 0.0177. The highest BCUT2D eigenvalue weighted by Gasteiger charge is 2.29. The average molecular weight is 724 g/mol. The van der Waals surface area contributed by atoms with Crippen LogP contribution in [0.15, 0.2) is 47.4 Å². The fourth-order valence-corrected chi connectivity index (χ4v) is 5.94. The van der Waals surface area contributed by atoms with Gasteiger partial charge in [0, 0.05) is 56.9 Å². The smallest absolute Gasteiger partial charge is 0.410 e. The normalized spacial score (nSPS) is 14.1. The molecule has 0 saturated carbocycles. The van der Waals surface area contributed by atoms with Crippen LogP contribution in [0.1, 0.15) is 56.5 Å². The number of aromatic nitrogens is 1. The summed E-state index contributed by atoms with van der Waals surface area (Å²) in [5.74, 6) is -3.51. The third-order valence-electron chi connectivity index (χ3n) is 8.82. The zero-order valence-electron chi connectivity index (χ0n) is 29.7. The first-order valence-corrected chi connectivity index (χ1v) is 17.2. The molecule has 1 aromatic heterocycles. The Morgan fingerprint density at radius 1 is 1.00 bits per heavy atom. The first-order chi connectivity index (χ1) is 24.7. The summed E-state index contributed by atoms with van der Waals surface area (Å²) < 4.78 is 22.4. The van der Waals surface area contributed by atoms with Crippen LogP contribution in [-0.2, 0) is 32.3 Å². The van der Waals surface area contributed by atoms with Gasteiger partial charge in [-0.2, -0.15) is 0 Å². The Bertz CT molecular complexity index is 1860. The van der Waals surface area contributed by atoms with E-state index in [2.05, 4.69) is 16.0 Å². The molecule has 15 nitrogen and oxygen atoms in total. The molecule has 4 amide bonds. The van der Waals surface area contributed by atoms with Crippen molar-refractivity contribution in [2.45, 2.75) is 65.8 Å². The van der Waals surface area contributed by atoms with Gasteiger partial charge in [-0.25, -0.2) is 14.0 Å². The molecule has 2 heterocycles. The summed E-state index contributed by atoms with van der Waals surface area (Å²) in [5.41, 5.74) is 6.25. The molecule has 1 aliphatic rings. The third-order valence-corrected chi connectivity index (χ3v) is 8.82. The predicted molar refractivity (Wildman–Crippen MR) is 193 cm³/mol. The number of amides is 4. The van der Waals surface area contributed by atoms with Crippen molar-refractivity contribution in [3.05, 3.63) is 69.8 Å². The number of halogens is 1. The number of carboxylic acids is 1. The highest BCUT2D eigenvalue weighted by atomic mass is 19.1. The summed E-state index contributed by atoms with van der Waals surface area (Å²) in [4.78, 5) is 78.0. The SMILES string of the molecule is CCn1cc(C(=O)O)c(=O)c2cc(F)c(N3CCN(C(=O)OCc4ccc(NC(=O)C(CCCN)NC(=O)C(NC(C)=O)C(C)C)cc4)CC3)cc21. The van der Waals surface area contributed by atoms with Crippen LogP contribution in [0.4, 0.5) is 20.6 Å². The molecule has 0 spiro atoms. The molecule has 0 radical (unpaired) electrons. The van der Waals surface area contributed by atoms with Gasteiger partial charge in [0.2, 0.25) is 23.2 Å². The number of hydrogen-bond donors (Lipinski definition) is 5. The van der Waals surface area contributed by atoms with Crippen LogP contribution in [0.3, 0.4) is 0 Å². The molecule has 1 saturated heterocycles. The maximum absolute atomic E-state index is 15.2. The Balaban J connectivity index is 1.31. The number of aryl methyl sites for hydroxylation is 1. The van der Waals surface area contributed by atoms with Crippen molar-refractivity contribution in [2.24, 2.45) is 11.7 Å². The number of ether oxygens (including phenoxy) is 1. The number of rotatable bonds is 14. The lowest BCUT2D eigenvalue weighted by Crippen LogP contribution is -2.54. The van der Waals surface area contributed by atoms with Gasteiger partial charge in [0.05, 0.1) is 11.2 Å². The van der Waals surface area contributed by atoms with Gasteiger partial charge in [-0.05, 0) is 62.1 Å². The van der Waals surface area contributed by atoms with Crippen molar-refractivity contribution < 1.29 is 38.2 Å². The lowest BCUT2D eigenvalue weighted by molar-refractivity contribution is -0.131. The number of pyridine rings is 1. The minimum Gasteiger partial charge on any atom is -0.477 e. The third kappa shape index (κ3) is 9.63. The molecular weight excluding hydrogens is 677 g/mol. The number of nitrogens with zero attached hydrogens (tertiary/aromatic N) is 3. The first kappa shape index (κ1) is 39.3. The number of hydrogen-bond acceptors (Lipinski definition) is 9. The second kappa shape index (κ2) is 17.6. The number of carbonyl (C=O) groups excluding carboxylic acids is 4. The van der Waals surface area contributed by atoms with Crippen molar-refractivity contribution in [3.8, 4) is 0 Å². The summed E-state index contributed by atoms with van der Waals surface area (Å²) >= 11 is 0. The Morgan fingerprint density at radius 2 is 1.67 bits per heavy atom. The van der Waals surface area contributed by atoms with Crippen LogP contribution in [0, 0.1) is 11.7 Å². The molecule has 0 aliphatic carbocycles. The van der Waals surface area contributed by atoms with Gasteiger partial charge in [-0.15, -0.1) is 0 Å². The van der Waals surface area contributed by atoms with Gasteiger partial charge in [-0.3, -0.25) is 19.2 Å². The molecule has 6 N–H and O–H groups in total. The van der Waals surface area contributed by atoms with E-state index in [-0.39, 0.29) is 42.6 Å². The molecule has 2 unspecified atom stereocenters. The van der Waals surface area contributed by atoms with E-state index in [0.29, 0.717) is 55.8 Å². The van der Waals surface area contributed by atoms with Crippen LogP contribution in [0.2, 0.25) is 0 Å². The van der Waals surface area contributed by atoms with Gasteiger partial charge in [0.15, 0.2) is 0 Å². The second-order valence-electron chi connectivity index (χ2n) is 12.9. The van der Waals surface area contributed by atoms with E-state index in [1.54, 1.807) is 54.5 Å². The Morgan fingerprint density at radius 3 is 2.25 bits per heavy atom. The van der Waals surface area contributed by atoms with Crippen LogP contribution in [0.5, 0.6) is 0 Å². The zero-order chi connectivity index (χ0) is 38.1. The van der Waals surface area contributed by atoms with E-state index in [0.717, 1.165) is 6.07 Å². The average Bonchev–Trinajstić information content (AvgIpc) is 3.11. The quantitative estimate of drug-likeness (QED) is 0.164. The zero-order valence-corrected chi connectivity index (χ0v) is 29.7. The fraction of sp³-hybridized carbons (Fsp3) is 0.444. The van der Waals surface area contributed by atoms with E-state index in [1.807, 2.05) is 0 Å². The van der Waals surface area contributed by atoms with E-state index in [9.17, 15) is 33.9 Å².